The molecule has 1 fully saturated rings. The van der Waals surface area contributed by atoms with Crippen molar-refractivity contribution in [3.05, 3.63) is 24.2 Å². The fourth-order valence-corrected chi connectivity index (χ4v) is 2.91. The quantitative estimate of drug-likeness (QED) is 0.732. The van der Waals surface area contributed by atoms with E-state index in [1.165, 1.54) is 6.26 Å². The van der Waals surface area contributed by atoms with Gasteiger partial charge in [0.05, 0.1) is 11.0 Å². The Labute approximate surface area is 81.1 Å². The zero-order valence-corrected chi connectivity index (χ0v) is 8.44. The van der Waals surface area contributed by atoms with E-state index in [0.29, 0.717) is 25.0 Å². The summed E-state index contributed by atoms with van der Waals surface area (Å²) in [6.45, 7) is 0. The van der Waals surface area contributed by atoms with Crippen molar-refractivity contribution in [3.8, 4) is 0 Å². The molecule has 72 valence electrons. The summed E-state index contributed by atoms with van der Waals surface area (Å²) < 4.78 is 26.7. The first-order valence-electron chi connectivity index (χ1n) is 4.00. The molecule has 0 unspecified atom stereocenters. The molecule has 1 aromatic rings. The first-order chi connectivity index (χ1) is 6.04. The van der Waals surface area contributed by atoms with Crippen LogP contribution in [0.3, 0.4) is 0 Å². The monoisotopic (exact) mass is 220 g/mol. The Morgan fingerprint density at radius 3 is 2.62 bits per heavy atom. The van der Waals surface area contributed by atoms with Crippen molar-refractivity contribution in [1.29, 1.82) is 0 Å². The molecule has 5 heteroatoms. The van der Waals surface area contributed by atoms with Gasteiger partial charge in [-0.2, -0.15) is 0 Å². The number of hydrogen-bond donors (Lipinski definition) is 0. The minimum absolute atomic E-state index is 0.395. The van der Waals surface area contributed by atoms with Crippen molar-refractivity contribution in [3.63, 3.8) is 0 Å². The lowest BCUT2D eigenvalue weighted by Crippen LogP contribution is -2.20. The smallest absolute Gasteiger partial charge is 0.238 e. The summed E-state index contributed by atoms with van der Waals surface area (Å²) in [7, 11) is 1.88. The van der Waals surface area contributed by atoms with Crippen molar-refractivity contribution in [2.24, 2.45) is 0 Å². The maximum absolute atomic E-state index is 11.2. The van der Waals surface area contributed by atoms with E-state index in [9.17, 15) is 8.42 Å². The Kier molecular flexibility index (Phi) is 1.92. The molecule has 1 aliphatic rings. The Balaban J connectivity index is 2.20. The van der Waals surface area contributed by atoms with E-state index in [2.05, 4.69) is 0 Å². The number of furan rings is 1. The maximum atomic E-state index is 11.2. The van der Waals surface area contributed by atoms with Crippen LogP contribution in [0.2, 0.25) is 0 Å². The molecule has 2 rings (SSSR count). The third kappa shape index (κ3) is 1.60. The molecule has 1 heterocycles. The molecular weight excluding hydrogens is 212 g/mol. The minimum atomic E-state index is -3.46. The van der Waals surface area contributed by atoms with Crippen LogP contribution in [0.15, 0.2) is 22.8 Å². The van der Waals surface area contributed by atoms with E-state index in [1.54, 1.807) is 12.1 Å². The third-order valence-corrected chi connectivity index (χ3v) is 4.97. The van der Waals surface area contributed by atoms with Crippen molar-refractivity contribution >= 4 is 19.7 Å². The van der Waals surface area contributed by atoms with Crippen LogP contribution in [-0.4, -0.2) is 13.2 Å². The molecule has 1 saturated carbocycles. The summed E-state index contributed by atoms with van der Waals surface area (Å²) in [4.78, 5) is 0. The molecule has 0 bridgehead atoms. The lowest BCUT2D eigenvalue weighted by atomic mass is 10.2. The standard InChI is InChI=1S/C8H9ClO3S/c9-13(10,11)8(3-4-8)6-7-2-1-5-12-7/h1-2,5H,3-4,6H2. The highest BCUT2D eigenvalue weighted by Crippen LogP contribution is 2.48. The van der Waals surface area contributed by atoms with Crippen molar-refractivity contribution in [2.75, 3.05) is 0 Å². The van der Waals surface area contributed by atoms with E-state index in [4.69, 9.17) is 15.1 Å². The lowest BCUT2D eigenvalue weighted by Gasteiger charge is -2.07. The highest BCUT2D eigenvalue weighted by molar-refractivity contribution is 8.15. The van der Waals surface area contributed by atoms with E-state index in [1.807, 2.05) is 0 Å². The third-order valence-electron chi connectivity index (χ3n) is 2.40. The molecular formula is C8H9ClO3S. The Hall–Kier alpha value is -0.480. The average Bonchev–Trinajstić information content (AvgIpc) is 2.59. The lowest BCUT2D eigenvalue weighted by molar-refractivity contribution is 0.496. The predicted octanol–water partition coefficient (Wildman–Crippen LogP) is 1.92. The van der Waals surface area contributed by atoms with Gasteiger partial charge >= 0.3 is 0 Å². The zero-order valence-electron chi connectivity index (χ0n) is 6.86. The van der Waals surface area contributed by atoms with Crippen LogP contribution in [0.5, 0.6) is 0 Å². The molecule has 1 aliphatic carbocycles. The second-order valence-electron chi connectivity index (χ2n) is 3.38. The van der Waals surface area contributed by atoms with Crippen LogP contribution in [0.1, 0.15) is 18.6 Å². The van der Waals surface area contributed by atoms with Gasteiger partial charge in [0.1, 0.15) is 5.76 Å². The van der Waals surface area contributed by atoms with Gasteiger partial charge in [-0.1, -0.05) is 0 Å². The molecule has 0 atom stereocenters. The molecule has 0 aliphatic heterocycles. The van der Waals surface area contributed by atoms with Crippen LogP contribution in [0, 0.1) is 0 Å². The maximum Gasteiger partial charge on any atom is 0.238 e. The largest absolute Gasteiger partial charge is 0.469 e. The first kappa shape index (κ1) is 9.09. The van der Waals surface area contributed by atoms with Crippen LogP contribution in [-0.2, 0) is 15.5 Å². The van der Waals surface area contributed by atoms with E-state index < -0.39 is 13.8 Å². The summed E-state index contributed by atoms with van der Waals surface area (Å²) in [6, 6.07) is 3.51. The summed E-state index contributed by atoms with van der Waals surface area (Å²) in [5.41, 5.74) is 0. The van der Waals surface area contributed by atoms with Gasteiger partial charge in [0.15, 0.2) is 0 Å². The van der Waals surface area contributed by atoms with Gasteiger partial charge in [-0.25, -0.2) is 8.42 Å². The SMILES string of the molecule is O=S(=O)(Cl)C1(Cc2ccco2)CC1. The topological polar surface area (TPSA) is 47.3 Å². The predicted molar refractivity (Wildman–Crippen MR) is 49.1 cm³/mol. The van der Waals surface area contributed by atoms with Gasteiger partial charge in [0.25, 0.3) is 0 Å². The molecule has 0 N–H and O–H groups in total. The Morgan fingerprint density at radius 1 is 1.54 bits per heavy atom. The molecule has 0 radical (unpaired) electrons. The molecule has 0 aromatic carbocycles. The van der Waals surface area contributed by atoms with Gasteiger partial charge in [-0.3, -0.25) is 0 Å². The number of hydrogen-bond acceptors (Lipinski definition) is 3. The highest BCUT2D eigenvalue weighted by Gasteiger charge is 2.54. The zero-order chi connectivity index (χ0) is 9.53. The second kappa shape index (κ2) is 2.75. The summed E-state index contributed by atoms with van der Waals surface area (Å²) in [5.74, 6) is 0.682. The Morgan fingerprint density at radius 2 is 2.23 bits per heavy atom. The fourth-order valence-electron chi connectivity index (χ4n) is 1.38. The molecule has 0 saturated heterocycles. The first-order valence-corrected chi connectivity index (χ1v) is 6.31. The van der Waals surface area contributed by atoms with Crippen LogP contribution < -0.4 is 0 Å². The fraction of sp³-hybridized carbons (Fsp3) is 0.500. The van der Waals surface area contributed by atoms with Gasteiger partial charge in [-0.15, -0.1) is 0 Å². The molecule has 3 nitrogen and oxygen atoms in total. The Bertz CT molecular complexity index is 389. The number of rotatable bonds is 3. The molecule has 1 aromatic heterocycles. The molecule has 0 spiro atoms. The van der Waals surface area contributed by atoms with Crippen molar-refractivity contribution < 1.29 is 12.8 Å². The normalized spacial score (nSPS) is 20.1. The molecule has 13 heavy (non-hydrogen) atoms. The second-order valence-corrected chi connectivity index (χ2v) is 6.34. The van der Waals surface area contributed by atoms with Crippen LogP contribution >= 0.6 is 10.7 Å². The van der Waals surface area contributed by atoms with Gasteiger partial charge in [-0.05, 0) is 25.0 Å². The number of halogens is 1. The minimum Gasteiger partial charge on any atom is -0.469 e. The summed E-state index contributed by atoms with van der Waals surface area (Å²) in [5, 5.41) is 0. The summed E-state index contributed by atoms with van der Waals surface area (Å²) >= 11 is 0. The van der Waals surface area contributed by atoms with E-state index in [-0.39, 0.29) is 0 Å². The van der Waals surface area contributed by atoms with Crippen LogP contribution in [0.4, 0.5) is 0 Å². The van der Waals surface area contributed by atoms with E-state index >= 15 is 0 Å². The van der Waals surface area contributed by atoms with Gasteiger partial charge < -0.3 is 4.42 Å². The average molecular weight is 221 g/mol. The van der Waals surface area contributed by atoms with Crippen molar-refractivity contribution in [2.45, 2.75) is 24.0 Å². The highest BCUT2D eigenvalue weighted by atomic mass is 35.7. The van der Waals surface area contributed by atoms with Crippen molar-refractivity contribution in [1.82, 2.24) is 0 Å². The molecule has 0 amide bonds. The summed E-state index contributed by atoms with van der Waals surface area (Å²) in [6.07, 6.45) is 3.21. The van der Waals surface area contributed by atoms with Crippen LogP contribution in [0.25, 0.3) is 0 Å². The van der Waals surface area contributed by atoms with Gasteiger partial charge in [0.2, 0.25) is 9.05 Å². The van der Waals surface area contributed by atoms with Gasteiger partial charge in [0, 0.05) is 17.1 Å². The van der Waals surface area contributed by atoms with E-state index in [0.717, 1.165) is 0 Å².